The van der Waals surface area contributed by atoms with Crippen LogP contribution in [0.3, 0.4) is 0 Å². The SMILES string of the molecule is Cc1cccc(C(=O)N2CCO[C@@]3(CCCN(c4cnccn4)C3)C2)n1. The summed E-state index contributed by atoms with van der Waals surface area (Å²) >= 11 is 0. The van der Waals surface area contributed by atoms with E-state index in [0.717, 1.165) is 37.4 Å². The van der Waals surface area contributed by atoms with Crippen LogP contribution in [0, 0.1) is 6.92 Å². The first-order valence-corrected chi connectivity index (χ1v) is 9.03. The highest BCUT2D eigenvalue weighted by molar-refractivity contribution is 5.92. The topological polar surface area (TPSA) is 71.5 Å². The molecule has 0 N–H and O–H groups in total. The molecule has 4 rings (SSSR count). The van der Waals surface area contributed by atoms with Crippen LogP contribution in [0.25, 0.3) is 0 Å². The number of rotatable bonds is 2. The average Bonchev–Trinajstić information content (AvgIpc) is 2.68. The minimum atomic E-state index is -0.354. The standard InChI is InChI=1S/C19H23N5O2/c1-15-4-2-5-16(22-15)18(25)24-10-11-26-19(14-24)6-3-9-23(13-19)17-12-20-7-8-21-17/h2,4-5,7-8,12H,3,6,9-11,13-14H2,1H3/t19-/m1/s1. The summed E-state index contributed by atoms with van der Waals surface area (Å²) in [6, 6.07) is 5.56. The molecule has 2 aliphatic rings. The molecule has 7 nitrogen and oxygen atoms in total. The van der Waals surface area contributed by atoms with Crippen LogP contribution in [0.2, 0.25) is 0 Å². The summed E-state index contributed by atoms with van der Waals surface area (Å²) in [7, 11) is 0. The number of nitrogens with zero attached hydrogens (tertiary/aromatic N) is 5. The van der Waals surface area contributed by atoms with E-state index in [1.54, 1.807) is 24.7 Å². The number of morpholine rings is 1. The number of hydrogen-bond donors (Lipinski definition) is 0. The molecule has 136 valence electrons. The fourth-order valence-electron chi connectivity index (χ4n) is 3.84. The lowest BCUT2D eigenvalue weighted by atomic mass is 9.90. The minimum absolute atomic E-state index is 0.0204. The summed E-state index contributed by atoms with van der Waals surface area (Å²) in [6.45, 7) is 5.27. The zero-order chi connectivity index (χ0) is 18.0. The fraction of sp³-hybridized carbons (Fsp3) is 0.474. The van der Waals surface area contributed by atoms with Crippen molar-refractivity contribution in [3.8, 4) is 0 Å². The maximum absolute atomic E-state index is 12.9. The van der Waals surface area contributed by atoms with E-state index in [0.29, 0.717) is 25.4 Å². The van der Waals surface area contributed by atoms with Crippen molar-refractivity contribution in [3.63, 3.8) is 0 Å². The molecular weight excluding hydrogens is 330 g/mol. The van der Waals surface area contributed by atoms with Crippen LogP contribution in [0.5, 0.6) is 0 Å². The van der Waals surface area contributed by atoms with Gasteiger partial charge in [-0.15, -0.1) is 0 Å². The maximum atomic E-state index is 12.9. The van der Waals surface area contributed by atoms with Crippen molar-refractivity contribution < 1.29 is 9.53 Å². The molecule has 2 aromatic rings. The third-order valence-electron chi connectivity index (χ3n) is 5.06. The summed E-state index contributed by atoms with van der Waals surface area (Å²) in [5.41, 5.74) is 1.00. The molecule has 0 unspecified atom stereocenters. The van der Waals surface area contributed by atoms with Crippen LogP contribution in [0.1, 0.15) is 29.0 Å². The largest absolute Gasteiger partial charge is 0.369 e. The van der Waals surface area contributed by atoms with Crippen LogP contribution < -0.4 is 4.90 Å². The molecule has 2 saturated heterocycles. The van der Waals surface area contributed by atoms with Crippen LogP contribution in [0.15, 0.2) is 36.8 Å². The summed E-state index contributed by atoms with van der Waals surface area (Å²) in [6.07, 6.45) is 7.10. The molecule has 0 saturated carbocycles. The zero-order valence-corrected chi connectivity index (χ0v) is 15.0. The molecular formula is C19H23N5O2. The molecule has 26 heavy (non-hydrogen) atoms. The summed E-state index contributed by atoms with van der Waals surface area (Å²) in [5.74, 6) is 0.840. The van der Waals surface area contributed by atoms with Gasteiger partial charge in [0, 0.05) is 31.2 Å². The highest BCUT2D eigenvalue weighted by atomic mass is 16.5. The molecule has 0 aliphatic carbocycles. The van der Waals surface area contributed by atoms with Crippen molar-refractivity contribution in [1.29, 1.82) is 0 Å². The number of amides is 1. The van der Waals surface area contributed by atoms with Gasteiger partial charge in [0.15, 0.2) is 0 Å². The van der Waals surface area contributed by atoms with Gasteiger partial charge in [-0.05, 0) is 31.9 Å². The van der Waals surface area contributed by atoms with Gasteiger partial charge in [0.25, 0.3) is 5.91 Å². The number of aromatic nitrogens is 3. The van der Waals surface area contributed by atoms with Crippen molar-refractivity contribution in [2.75, 3.05) is 37.7 Å². The first-order chi connectivity index (χ1) is 12.7. The van der Waals surface area contributed by atoms with E-state index < -0.39 is 0 Å². The highest BCUT2D eigenvalue weighted by Crippen LogP contribution is 2.31. The lowest BCUT2D eigenvalue weighted by Crippen LogP contribution is -2.61. The van der Waals surface area contributed by atoms with Gasteiger partial charge in [-0.25, -0.2) is 9.97 Å². The van der Waals surface area contributed by atoms with E-state index in [-0.39, 0.29) is 11.5 Å². The quantitative estimate of drug-likeness (QED) is 0.818. The Morgan fingerprint density at radius 2 is 2.15 bits per heavy atom. The van der Waals surface area contributed by atoms with Gasteiger partial charge in [-0.2, -0.15) is 0 Å². The first kappa shape index (κ1) is 16.9. The summed E-state index contributed by atoms with van der Waals surface area (Å²) in [5, 5.41) is 0. The third-order valence-corrected chi connectivity index (χ3v) is 5.06. The zero-order valence-electron chi connectivity index (χ0n) is 15.0. The molecule has 7 heteroatoms. The monoisotopic (exact) mass is 353 g/mol. The van der Waals surface area contributed by atoms with Crippen molar-refractivity contribution in [1.82, 2.24) is 19.9 Å². The predicted molar refractivity (Wildman–Crippen MR) is 97.0 cm³/mol. The Morgan fingerprint density at radius 1 is 1.23 bits per heavy atom. The van der Waals surface area contributed by atoms with Crippen molar-refractivity contribution in [3.05, 3.63) is 48.2 Å². The minimum Gasteiger partial charge on any atom is -0.369 e. The third kappa shape index (κ3) is 3.39. The smallest absolute Gasteiger partial charge is 0.272 e. The van der Waals surface area contributed by atoms with E-state index in [2.05, 4.69) is 19.9 Å². The van der Waals surface area contributed by atoms with E-state index in [1.807, 2.05) is 24.0 Å². The van der Waals surface area contributed by atoms with Gasteiger partial charge in [0.2, 0.25) is 0 Å². The molecule has 2 aromatic heterocycles. The number of carbonyl (C=O) groups is 1. The molecule has 0 aromatic carbocycles. The van der Waals surface area contributed by atoms with Crippen molar-refractivity contribution in [2.24, 2.45) is 0 Å². The maximum Gasteiger partial charge on any atom is 0.272 e. The second kappa shape index (κ2) is 6.99. The molecule has 0 bridgehead atoms. The Bertz CT molecular complexity index is 781. The lowest BCUT2D eigenvalue weighted by Gasteiger charge is -2.48. The number of piperidine rings is 1. The van der Waals surface area contributed by atoms with Crippen LogP contribution in [-0.4, -0.2) is 64.1 Å². The summed E-state index contributed by atoms with van der Waals surface area (Å²) < 4.78 is 6.19. The first-order valence-electron chi connectivity index (χ1n) is 9.03. The number of carbonyl (C=O) groups excluding carboxylic acids is 1. The van der Waals surface area contributed by atoms with Gasteiger partial charge in [0.05, 0.1) is 25.9 Å². The van der Waals surface area contributed by atoms with Gasteiger partial charge in [-0.1, -0.05) is 6.07 Å². The Hall–Kier alpha value is -2.54. The van der Waals surface area contributed by atoms with E-state index >= 15 is 0 Å². The van der Waals surface area contributed by atoms with Crippen molar-refractivity contribution in [2.45, 2.75) is 25.4 Å². The Labute approximate surface area is 153 Å². The highest BCUT2D eigenvalue weighted by Gasteiger charge is 2.42. The van der Waals surface area contributed by atoms with Crippen LogP contribution >= 0.6 is 0 Å². The van der Waals surface area contributed by atoms with Gasteiger partial charge in [-0.3, -0.25) is 9.78 Å². The number of pyridine rings is 1. The molecule has 0 radical (unpaired) electrons. The van der Waals surface area contributed by atoms with E-state index in [9.17, 15) is 4.79 Å². The molecule has 1 spiro atoms. The number of ether oxygens (including phenoxy) is 1. The van der Waals surface area contributed by atoms with Gasteiger partial charge < -0.3 is 14.5 Å². The second-order valence-corrected chi connectivity index (χ2v) is 7.01. The van der Waals surface area contributed by atoms with Gasteiger partial charge >= 0.3 is 0 Å². The Morgan fingerprint density at radius 3 is 2.96 bits per heavy atom. The van der Waals surface area contributed by atoms with Crippen LogP contribution in [-0.2, 0) is 4.74 Å². The molecule has 2 aliphatic heterocycles. The molecule has 1 amide bonds. The average molecular weight is 353 g/mol. The van der Waals surface area contributed by atoms with Crippen LogP contribution in [0.4, 0.5) is 5.82 Å². The molecule has 2 fully saturated rings. The second-order valence-electron chi connectivity index (χ2n) is 7.01. The molecule has 4 heterocycles. The van der Waals surface area contributed by atoms with E-state index in [4.69, 9.17) is 4.74 Å². The van der Waals surface area contributed by atoms with Crippen molar-refractivity contribution >= 4 is 11.7 Å². The Kier molecular flexibility index (Phi) is 4.55. The molecule has 1 atom stereocenters. The predicted octanol–water partition coefficient (Wildman–Crippen LogP) is 1.69. The normalized spacial score (nSPS) is 23.3. The van der Waals surface area contributed by atoms with E-state index in [1.165, 1.54) is 0 Å². The number of hydrogen-bond acceptors (Lipinski definition) is 6. The van der Waals surface area contributed by atoms with Gasteiger partial charge in [0.1, 0.15) is 17.1 Å². The fourth-order valence-corrected chi connectivity index (χ4v) is 3.84. The number of aryl methyl sites for hydroxylation is 1. The Balaban J connectivity index is 1.51. The summed E-state index contributed by atoms with van der Waals surface area (Å²) in [4.78, 5) is 29.9. The number of anilines is 1. The lowest BCUT2D eigenvalue weighted by molar-refractivity contribution is -0.105.